The molecule has 2 saturated carbocycles. The van der Waals surface area contributed by atoms with E-state index in [4.69, 9.17) is 4.98 Å². The number of aliphatic hydroxyl groups is 1. The first-order valence-corrected chi connectivity index (χ1v) is 12.6. The highest BCUT2D eigenvalue weighted by Crippen LogP contribution is 2.57. The number of fused-ring (bicyclic) bond motifs is 2. The molecule has 33 heavy (non-hydrogen) atoms. The molecule has 2 fully saturated rings. The van der Waals surface area contributed by atoms with Crippen molar-refractivity contribution in [3.8, 4) is 0 Å². The van der Waals surface area contributed by atoms with Gasteiger partial charge in [-0.2, -0.15) is 0 Å². The van der Waals surface area contributed by atoms with Gasteiger partial charge in [-0.3, -0.25) is 19.9 Å². The average Bonchev–Trinajstić information content (AvgIpc) is 3.51. The Hall–Kier alpha value is -2.39. The first-order valence-electron chi connectivity index (χ1n) is 11.8. The van der Waals surface area contributed by atoms with Crippen molar-refractivity contribution in [3.05, 3.63) is 34.9 Å². The molecule has 0 saturated heterocycles. The predicted molar refractivity (Wildman–Crippen MR) is 125 cm³/mol. The number of nitrogens with one attached hydrogen (secondary N) is 2. The molecule has 0 aliphatic heterocycles. The molecular formula is C24H31N5O3S. The summed E-state index contributed by atoms with van der Waals surface area (Å²) in [5, 5.41) is 18.0. The van der Waals surface area contributed by atoms with Gasteiger partial charge < -0.3 is 10.4 Å². The van der Waals surface area contributed by atoms with Gasteiger partial charge in [0.1, 0.15) is 5.69 Å². The van der Waals surface area contributed by atoms with Crippen LogP contribution in [0.4, 0.5) is 5.13 Å². The molecule has 0 spiro atoms. The fraction of sp³-hybridized carbons (Fsp3) is 0.625. The quantitative estimate of drug-likeness (QED) is 0.619. The minimum atomic E-state index is -0.564. The second-order valence-corrected chi connectivity index (χ2v) is 11.4. The summed E-state index contributed by atoms with van der Waals surface area (Å²) in [5.74, 6) is -0.478. The van der Waals surface area contributed by atoms with Crippen molar-refractivity contribution < 1.29 is 14.7 Å². The lowest BCUT2D eigenvalue weighted by atomic mass is 9.53. The number of aliphatic hydroxyl groups excluding tert-OH is 1. The van der Waals surface area contributed by atoms with Crippen LogP contribution in [0.15, 0.2) is 18.6 Å². The minimum Gasteiger partial charge on any atom is -0.392 e. The molecule has 5 rings (SSSR count). The number of hydrogen-bond donors (Lipinski definition) is 3. The molecule has 2 amide bonds. The van der Waals surface area contributed by atoms with Crippen molar-refractivity contribution in [2.75, 3.05) is 5.32 Å². The van der Waals surface area contributed by atoms with Crippen molar-refractivity contribution in [1.82, 2.24) is 20.3 Å². The maximum Gasteiger partial charge on any atom is 0.277 e. The largest absolute Gasteiger partial charge is 0.392 e. The molecule has 2 aromatic heterocycles. The van der Waals surface area contributed by atoms with Crippen molar-refractivity contribution >= 4 is 28.3 Å². The van der Waals surface area contributed by atoms with Crippen LogP contribution in [0.3, 0.4) is 0 Å². The van der Waals surface area contributed by atoms with Crippen LogP contribution in [0.1, 0.15) is 73.4 Å². The van der Waals surface area contributed by atoms with Gasteiger partial charge in [0, 0.05) is 35.1 Å². The molecule has 6 atom stereocenters. The third-order valence-corrected chi connectivity index (χ3v) is 8.90. The topological polar surface area (TPSA) is 117 Å². The molecule has 0 bridgehead atoms. The molecule has 9 heteroatoms. The Kier molecular flexibility index (Phi) is 5.73. The third kappa shape index (κ3) is 4.17. The van der Waals surface area contributed by atoms with Crippen LogP contribution in [-0.4, -0.2) is 44.0 Å². The van der Waals surface area contributed by atoms with Gasteiger partial charge >= 0.3 is 0 Å². The first-order chi connectivity index (χ1) is 15.8. The molecule has 0 unspecified atom stereocenters. The lowest BCUT2D eigenvalue weighted by molar-refractivity contribution is -0.134. The Bertz CT molecular complexity index is 1060. The van der Waals surface area contributed by atoms with Crippen molar-refractivity contribution in [1.29, 1.82) is 0 Å². The van der Waals surface area contributed by atoms with E-state index in [2.05, 4.69) is 34.4 Å². The van der Waals surface area contributed by atoms with Crippen LogP contribution < -0.4 is 10.6 Å². The van der Waals surface area contributed by atoms with E-state index < -0.39 is 6.10 Å². The number of amides is 2. The maximum atomic E-state index is 12.7. The zero-order valence-corrected chi connectivity index (χ0v) is 20.1. The Morgan fingerprint density at radius 1 is 1.27 bits per heavy atom. The molecule has 8 nitrogen and oxygen atoms in total. The van der Waals surface area contributed by atoms with Crippen molar-refractivity contribution in [3.63, 3.8) is 0 Å². The number of carbonyl (C=O) groups excluding carboxylic acids is 2. The molecule has 3 N–H and O–H groups in total. The molecular weight excluding hydrogens is 438 g/mol. The molecule has 3 aliphatic rings. The summed E-state index contributed by atoms with van der Waals surface area (Å²) >= 11 is 1.51. The smallest absolute Gasteiger partial charge is 0.277 e. The summed E-state index contributed by atoms with van der Waals surface area (Å²) in [5.41, 5.74) is 1.14. The molecule has 2 aromatic rings. The Morgan fingerprint density at radius 3 is 2.76 bits per heavy atom. The van der Waals surface area contributed by atoms with E-state index in [1.54, 1.807) is 0 Å². The third-order valence-electron chi connectivity index (χ3n) is 7.92. The molecule has 0 aromatic carbocycles. The molecule has 2 heterocycles. The van der Waals surface area contributed by atoms with Gasteiger partial charge in [0.25, 0.3) is 5.91 Å². The van der Waals surface area contributed by atoms with E-state index in [-0.39, 0.29) is 46.6 Å². The van der Waals surface area contributed by atoms with E-state index in [0.717, 1.165) is 37.8 Å². The SMILES string of the molecule is C[C@H](C(=O)NC1CC1)[C@H]1CC[C@]2(C)Cc3sc(NC(=O)c4cnccn4)nc3[C@@H](C)[C@@H]2[C@H]1O. The fourth-order valence-corrected chi connectivity index (χ4v) is 7.19. The summed E-state index contributed by atoms with van der Waals surface area (Å²) < 4.78 is 0. The van der Waals surface area contributed by atoms with Crippen LogP contribution in [0.2, 0.25) is 0 Å². The second-order valence-electron chi connectivity index (χ2n) is 10.3. The van der Waals surface area contributed by atoms with E-state index in [1.165, 1.54) is 34.8 Å². The number of anilines is 1. The maximum absolute atomic E-state index is 12.7. The number of nitrogens with zero attached hydrogens (tertiary/aromatic N) is 3. The summed E-state index contributed by atoms with van der Waals surface area (Å²) in [6, 6.07) is 0.326. The van der Waals surface area contributed by atoms with Crippen LogP contribution in [0.25, 0.3) is 0 Å². The van der Waals surface area contributed by atoms with Crippen LogP contribution in [0.5, 0.6) is 0 Å². The normalized spacial score (nSPS) is 31.8. The Morgan fingerprint density at radius 2 is 2.06 bits per heavy atom. The average molecular weight is 470 g/mol. The van der Waals surface area contributed by atoms with Gasteiger partial charge in [-0.15, -0.1) is 11.3 Å². The lowest BCUT2D eigenvalue weighted by Crippen LogP contribution is -2.53. The van der Waals surface area contributed by atoms with Crippen LogP contribution in [0, 0.1) is 23.2 Å². The second kappa shape index (κ2) is 8.43. The summed E-state index contributed by atoms with van der Waals surface area (Å²) in [6.45, 7) is 6.33. The number of carbonyl (C=O) groups is 2. The zero-order chi connectivity index (χ0) is 23.3. The van der Waals surface area contributed by atoms with E-state index in [9.17, 15) is 14.7 Å². The molecule has 3 aliphatic carbocycles. The number of aromatic nitrogens is 3. The fourth-order valence-electron chi connectivity index (χ4n) is 5.93. The predicted octanol–water partition coefficient (Wildman–Crippen LogP) is 3.15. The monoisotopic (exact) mass is 469 g/mol. The highest BCUT2D eigenvalue weighted by molar-refractivity contribution is 7.15. The standard InChI is InChI=1S/C24H31N5O3S/c1-12(21(31)27-14-4-5-14)15-6-7-24(3)10-17-19(13(2)18(24)20(15)30)28-23(33-17)29-22(32)16-11-25-8-9-26-16/h8-9,11-15,18,20,30H,4-7,10H2,1-3H3,(H,27,31)(H,28,29,32)/t12-,13-,15+,18+,20-,24+/m0/s1. The minimum absolute atomic E-state index is 0.0190. The zero-order valence-electron chi connectivity index (χ0n) is 19.2. The Labute approximate surface area is 197 Å². The first kappa shape index (κ1) is 22.4. The lowest BCUT2D eigenvalue weighted by Gasteiger charge is -2.53. The van der Waals surface area contributed by atoms with Gasteiger partial charge in [0.05, 0.1) is 18.0 Å². The highest BCUT2D eigenvalue weighted by atomic mass is 32.1. The molecule has 176 valence electrons. The van der Waals surface area contributed by atoms with Gasteiger partial charge in [0.15, 0.2) is 5.13 Å². The van der Waals surface area contributed by atoms with Gasteiger partial charge in [0.2, 0.25) is 5.91 Å². The summed E-state index contributed by atoms with van der Waals surface area (Å²) in [6.07, 6.45) is 8.62. The van der Waals surface area contributed by atoms with Gasteiger partial charge in [-0.25, -0.2) is 9.97 Å². The van der Waals surface area contributed by atoms with E-state index in [1.807, 2.05) is 6.92 Å². The summed E-state index contributed by atoms with van der Waals surface area (Å²) in [4.78, 5) is 39.1. The van der Waals surface area contributed by atoms with Gasteiger partial charge in [-0.05, 0) is 49.4 Å². The Balaban J connectivity index is 1.35. The van der Waals surface area contributed by atoms with Crippen LogP contribution >= 0.6 is 11.3 Å². The van der Waals surface area contributed by atoms with Gasteiger partial charge in [-0.1, -0.05) is 20.8 Å². The number of rotatable bonds is 5. The summed E-state index contributed by atoms with van der Waals surface area (Å²) in [7, 11) is 0. The highest BCUT2D eigenvalue weighted by Gasteiger charge is 2.54. The van der Waals surface area contributed by atoms with Crippen molar-refractivity contribution in [2.24, 2.45) is 23.2 Å². The molecule has 0 radical (unpaired) electrons. The number of hydrogen-bond acceptors (Lipinski definition) is 7. The van der Waals surface area contributed by atoms with E-state index >= 15 is 0 Å². The van der Waals surface area contributed by atoms with Crippen LogP contribution in [-0.2, 0) is 11.2 Å². The number of thiazole rings is 1. The van der Waals surface area contributed by atoms with Crippen molar-refractivity contribution in [2.45, 2.75) is 70.9 Å². The van der Waals surface area contributed by atoms with E-state index in [0.29, 0.717) is 11.2 Å².